The lowest BCUT2D eigenvalue weighted by Gasteiger charge is -2.10. The third kappa shape index (κ3) is 15.5. The summed E-state index contributed by atoms with van der Waals surface area (Å²) in [5, 5.41) is 0. The molecule has 0 bridgehead atoms. The van der Waals surface area contributed by atoms with E-state index in [9.17, 15) is 0 Å². The molecule has 0 amide bonds. The Balaban J connectivity index is 0.000000126. The summed E-state index contributed by atoms with van der Waals surface area (Å²) in [5.74, 6) is 1.56. The van der Waals surface area contributed by atoms with Crippen molar-refractivity contribution in [2.75, 3.05) is 0 Å². The van der Waals surface area contributed by atoms with Crippen molar-refractivity contribution in [2.45, 2.75) is 94.4 Å². The first-order valence-corrected chi connectivity index (χ1v) is 34.5. The topological polar surface area (TPSA) is 123 Å². The summed E-state index contributed by atoms with van der Waals surface area (Å²) >= 11 is 0. The number of pyridine rings is 3. The van der Waals surface area contributed by atoms with E-state index < -0.39 is 0 Å². The Morgan fingerprint density at radius 3 is 1.14 bits per heavy atom. The van der Waals surface area contributed by atoms with Crippen LogP contribution in [-0.4, -0.2) is 39.9 Å². The molecule has 7 aromatic carbocycles. The Morgan fingerprint density at radius 1 is 0.310 bits per heavy atom. The second kappa shape index (κ2) is 31.5. The Bertz CT molecular complexity index is 5240. The van der Waals surface area contributed by atoms with E-state index in [1.54, 1.807) is 12.4 Å². The van der Waals surface area contributed by atoms with E-state index in [0.717, 1.165) is 84.8 Å². The van der Waals surface area contributed by atoms with Crippen molar-refractivity contribution in [2.24, 2.45) is 41.2 Å². The summed E-state index contributed by atoms with van der Waals surface area (Å²) in [6, 6.07) is 63.1. The number of benzene rings is 7. The average Bonchev–Trinajstić information content (AvgIpc) is 0.813. The van der Waals surface area contributed by atoms with Crippen LogP contribution in [0.3, 0.4) is 0 Å². The first kappa shape index (κ1) is 70.0. The standard InChI is InChI=1S/C19H22N3.C19H21N2.C18H20N3.C16H15N2.C15H14N3/c1-13(2)9-15-10-17-19(20-11-15)21-12-18(22(17)4)16-8-6-5-7-14(16)3;1-13(2)15-10-7-11-17-19(15)20-12-18(21(17)4)16-9-6-5-8-14(16)3;1-12(2)14-9-16-18(19-10-14)20-11-17(21(16)4)15-8-6-5-7-13(15)3;1-12-7-3-4-8-13(12)16-11-17-14-9-5-6-10-15(14)18(16)2;1-11-5-3-4-6-12(11)15-10-17-13-9-16-8-7-14(13)18(15)2/h5-8,10-13H,9H2,1-4H3;5-13H,1-4H3;5-12H,1-4H3;3-11H,1-2H3;3-10H,1-2H3/q5*+1. The zero-order chi connectivity index (χ0) is 70.7. The van der Waals surface area contributed by atoms with Crippen LogP contribution >= 0.6 is 0 Å². The van der Waals surface area contributed by atoms with Crippen molar-refractivity contribution in [1.82, 2.24) is 39.9 Å². The van der Waals surface area contributed by atoms with E-state index in [1.165, 1.54) is 77.8 Å². The van der Waals surface area contributed by atoms with Gasteiger partial charge < -0.3 is 0 Å². The molecule has 8 heterocycles. The molecule has 0 aliphatic rings. The van der Waals surface area contributed by atoms with Crippen molar-refractivity contribution < 1.29 is 22.8 Å². The largest absolute Gasteiger partial charge is 0.262 e. The van der Waals surface area contributed by atoms with E-state index >= 15 is 0 Å². The van der Waals surface area contributed by atoms with Gasteiger partial charge in [-0.25, -0.2) is 34.9 Å². The van der Waals surface area contributed by atoms with Gasteiger partial charge in [-0.05, 0) is 140 Å². The Hall–Kier alpha value is -11.3. The second-order valence-electron chi connectivity index (χ2n) is 26.9. The number of nitrogens with zero attached hydrogens (tertiary/aromatic N) is 13. The first-order valence-electron chi connectivity index (χ1n) is 34.5. The van der Waals surface area contributed by atoms with Crippen LogP contribution in [0.2, 0.25) is 0 Å². The van der Waals surface area contributed by atoms with Crippen LogP contribution < -0.4 is 22.8 Å². The first-order chi connectivity index (χ1) is 48.3. The molecule has 13 nitrogen and oxygen atoms in total. The van der Waals surface area contributed by atoms with Gasteiger partial charge in [0.05, 0.1) is 34.0 Å². The number of aryl methyl sites for hydroxylation is 10. The second-order valence-corrected chi connectivity index (χ2v) is 26.9. The van der Waals surface area contributed by atoms with Gasteiger partial charge in [0.1, 0.15) is 77.3 Å². The van der Waals surface area contributed by atoms with Gasteiger partial charge in [0.25, 0.3) is 11.0 Å². The molecule has 0 saturated heterocycles. The van der Waals surface area contributed by atoms with Crippen molar-refractivity contribution >= 4 is 55.4 Å². The number of aromatic nitrogens is 13. The number of fused-ring (bicyclic) bond motifs is 5. The Morgan fingerprint density at radius 2 is 0.680 bits per heavy atom. The van der Waals surface area contributed by atoms with Crippen molar-refractivity contribution in [3.8, 4) is 56.3 Å². The smallest absolute Gasteiger partial charge is 0.251 e. The highest BCUT2D eigenvalue weighted by Gasteiger charge is 2.23. The quantitative estimate of drug-likeness (QED) is 0.131. The summed E-state index contributed by atoms with van der Waals surface area (Å²) in [6.07, 6.45) is 18.2. The number of rotatable bonds is 9. The van der Waals surface area contributed by atoms with Gasteiger partial charge in [0.15, 0.2) is 5.52 Å². The molecule has 0 unspecified atom stereocenters. The molecule has 100 heavy (non-hydrogen) atoms. The van der Waals surface area contributed by atoms with E-state index in [1.807, 2.05) is 67.6 Å². The maximum Gasteiger partial charge on any atom is 0.251 e. The van der Waals surface area contributed by atoms with Gasteiger partial charge in [-0.2, -0.15) is 22.8 Å². The third-order valence-electron chi connectivity index (χ3n) is 18.7. The van der Waals surface area contributed by atoms with Gasteiger partial charge in [0, 0.05) is 48.9 Å². The van der Waals surface area contributed by atoms with E-state index in [0.29, 0.717) is 17.8 Å². The minimum Gasteiger partial charge on any atom is -0.262 e. The molecule has 0 N–H and O–H groups in total. The Labute approximate surface area is 589 Å². The number of hydrogen-bond donors (Lipinski definition) is 0. The molecule has 15 rings (SSSR count). The van der Waals surface area contributed by atoms with Gasteiger partial charge in [-0.3, -0.25) is 4.98 Å². The van der Waals surface area contributed by atoms with Crippen molar-refractivity contribution in [3.05, 3.63) is 282 Å². The van der Waals surface area contributed by atoms with Crippen LogP contribution in [0.5, 0.6) is 0 Å². The molecular formula is C87H92N13+5. The SMILES string of the molecule is Cc1ccccc1-c1cnc2c(C(C)C)cccc2[n+]1C.Cc1ccccc1-c1cnc2ccccc2[n+]1C.Cc1ccccc1-c1cnc2cnccc2[n+]1C.Cc1ccccc1-c1cnc2ncc(C(C)C)cc2[n+]1C.Cc1ccccc1-c1cnc2ncc(CC(C)C)cc2[n+]1C. The molecule has 15 aromatic rings. The van der Waals surface area contributed by atoms with Crippen molar-refractivity contribution in [1.29, 1.82) is 0 Å². The summed E-state index contributed by atoms with van der Waals surface area (Å²) in [7, 11) is 10.4. The monoisotopic (exact) mass is 1320 g/mol. The van der Waals surface area contributed by atoms with Crippen LogP contribution in [-0.2, 0) is 41.7 Å². The average molecular weight is 1320 g/mol. The minimum atomic E-state index is 0.462. The summed E-state index contributed by atoms with van der Waals surface area (Å²) < 4.78 is 11.0. The maximum absolute atomic E-state index is 4.76. The van der Waals surface area contributed by atoms with Gasteiger partial charge in [0.2, 0.25) is 56.3 Å². The molecule has 0 saturated carbocycles. The summed E-state index contributed by atoms with van der Waals surface area (Å²) in [6.45, 7) is 23.9. The van der Waals surface area contributed by atoms with Crippen molar-refractivity contribution in [3.63, 3.8) is 0 Å². The van der Waals surface area contributed by atoms with Gasteiger partial charge in [-0.1, -0.05) is 157 Å². The highest BCUT2D eigenvalue weighted by molar-refractivity contribution is 5.78. The van der Waals surface area contributed by atoms with Gasteiger partial charge in [-0.15, -0.1) is 0 Å². The fourth-order valence-electron chi connectivity index (χ4n) is 12.9. The molecular weight excluding hydrogens is 1230 g/mol. The predicted molar refractivity (Wildman–Crippen MR) is 406 cm³/mol. The molecule has 0 spiro atoms. The van der Waals surface area contributed by atoms with Crippen LogP contribution in [0.4, 0.5) is 0 Å². The van der Waals surface area contributed by atoms with Crippen LogP contribution in [0.15, 0.2) is 238 Å². The van der Waals surface area contributed by atoms with E-state index in [4.69, 9.17) is 4.98 Å². The zero-order valence-electron chi connectivity index (χ0n) is 60.8. The lowest BCUT2D eigenvalue weighted by molar-refractivity contribution is -0.634. The van der Waals surface area contributed by atoms with Gasteiger partial charge >= 0.3 is 0 Å². The molecule has 500 valence electrons. The molecule has 0 aliphatic heterocycles. The molecule has 0 atom stereocenters. The number of hydrogen-bond acceptors (Lipinski definition) is 8. The highest BCUT2D eigenvalue weighted by atomic mass is 15.0. The molecule has 8 aromatic heterocycles. The summed E-state index contributed by atoms with van der Waals surface area (Å²) in [4.78, 5) is 36.0. The lowest BCUT2D eigenvalue weighted by Crippen LogP contribution is -2.33. The predicted octanol–water partition coefficient (Wildman–Crippen LogP) is 16.8. The number of para-hydroxylation sites is 3. The van der Waals surface area contributed by atoms with Crippen LogP contribution in [0.1, 0.15) is 97.9 Å². The fourth-order valence-corrected chi connectivity index (χ4v) is 12.9. The molecule has 0 aliphatic carbocycles. The maximum atomic E-state index is 4.76. The fraction of sp³-hybridized carbons (Fsp3) is 0.230. The highest BCUT2D eigenvalue weighted by Crippen LogP contribution is 2.28. The lowest BCUT2D eigenvalue weighted by atomic mass is 10.0. The van der Waals surface area contributed by atoms with Crippen LogP contribution in [0, 0.1) is 40.5 Å². The van der Waals surface area contributed by atoms with Crippen LogP contribution in [0.25, 0.3) is 112 Å². The normalized spacial score (nSPS) is 11.1. The molecule has 0 radical (unpaired) electrons. The third-order valence-corrected chi connectivity index (χ3v) is 18.7. The zero-order valence-corrected chi connectivity index (χ0v) is 60.8. The van der Waals surface area contributed by atoms with E-state index in [2.05, 4.69) is 327 Å². The Kier molecular flexibility index (Phi) is 22.0. The molecule has 0 fully saturated rings. The minimum absolute atomic E-state index is 0.462. The summed E-state index contributed by atoms with van der Waals surface area (Å²) in [5.41, 5.74) is 32.1. The molecule has 13 heteroatoms. The van der Waals surface area contributed by atoms with E-state index in [-0.39, 0.29) is 0 Å².